The van der Waals surface area contributed by atoms with Crippen LogP contribution in [0, 0.1) is 5.92 Å². The number of nitrogens with zero attached hydrogens (tertiary/aromatic N) is 1. The minimum atomic E-state index is -0.724. The number of likely N-dealkylation sites (tertiary alicyclic amines) is 1. The normalized spacial score (nSPS) is 26.6. The van der Waals surface area contributed by atoms with Gasteiger partial charge in [0.25, 0.3) is 0 Å². The molecule has 2 atom stereocenters. The van der Waals surface area contributed by atoms with Crippen LogP contribution in [-0.4, -0.2) is 48.8 Å². The summed E-state index contributed by atoms with van der Waals surface area (Å²) in [7, 11) is 2.07. The second-order valence-electron chi connectivity index (χ2n) is 5.88. The first-order valence-corrected chi connectivity index (χ1v) is 7.93. The van der Waals surface area contributed by atoms with Crippen molar-refractivity contribution in [3.8, 4) is 5.75 Å². The molecular weight excluding hydrogens is 336 g/mol. The molecule has 2 heterocycles. The third-order valence-corrected chi connectivity index (χ3v) is 4.78. The zero-order chi connectivity index (χ0) is 15.0. The zero-order valence-electron chi connectivity index (χ0n) is 11.9. The molecule has 2 saturated heterocycles. The molecular formula is C15H19BrN2O3. The van der Waals surface area contributed by atoms with Gasteiger partial charge in [0, 0.05) is 25.7 Å². The van der Waals surface area contributed by atoms with E-state index in [0.29, 0.717) is 13.0 Å². The number of nitrogens with one attached hydrogen (secondary N) is 1. The van der Waals surface area contributed by atoms with Gasteiger partial charge in [0.15, 0.2) is 0 Å². The van der Waals surface area contributed by atoms with Crippen molar-refractivity contribution in [3.63, 3.8) is 0 Å². The van der Waals surface area contributed by atoms with Crippen LogP contribution in [0.2, 0.25) is 0 Å². The van der Waals surface area contributed by atoms with Gasteiger partial charge in [-0.2, -0.15) is 0 Å². The summed E-state index contributed by atoms with van der Waals surface area (Å²) in [5.74, 6) is -0.169. The number of aliphatic carboxylic acids is 1. The molecule has 0 aromatic heterocycles. The summed E-state index contributed by atoms with van der Waals surface area (Å²) in [5.41, 5.74) is 1.10. The number of ether oxygens (including phenoxy) is 1. The van der Waals surface area contributed by atoms with Crippen LogP contribution in [-0.2, 0) is 4.79 Å². The van der Waals surface area contributed by atoms with Gasteiger partial charge >= 0.3 is 5.97 Å². The smallest absolute Gasteiger partial charge is 0.307 e. The van der Waals surface area contributed by atoms with Crippen LogP contribution in [0.4, 0.5) is 0 Å². The molecule has 3 rings (SSSR count). The summed E-state index contributed by atoms with van der Waals surface area (Å²) in [6.45, 7) is 2.45. The average Bonchev–Trinajstić information content (AvgIpc) is 2.89. The molecule has 6 heteroatoms. The van der Waals surface area contributed by atoms with E-state index in [9.17, 15) is 4.79 Å². The Morgan fingerprint density at radius 1 is 1.48 bits per heavy atom. The molecule has 2 unspecified atom stereocenters. The Balaban J connectivity index is 1.65. The van der Waals surface area contributed by atoms with Crippen molar-refractivity contribution in [1.29, 1.82) is 0 Å². The molecule has 0 saturated carbocycles. The van der Waals surface area contributed by atoms with Gasteiger partial charge in [-0.3, -0.25) is 9.69 Å². The molecule has 2 aliphatic rings. The second kappa shape index (κ2) is 5.94. The number of carboxylic acid groups (broad SMARTS) is 1. The Bertz CT molecular complexity index is 546. The summed E-state index contributed by atoms with van der Waals surface area (Å²) < 4.78 is 6.85. The van der Waals surface area contributed by atoms with Crippen LogP contribution < -0.4 is 10.1 Å². The standard InChI is InChI=1S/C15H19BrN2O3/c1-18-7-11(8-18)21-14-3-2-9(4-12(14)16)13-5-10(6-17-13)15(19)20/h2-4,10-11,13,17H,5-8H2,1H3,(H,19,20). The minimum Gasteiger partial charge on any atom is -0.487 e. The number of rotatable bonds is 4. The molecule has 114 valence electrons. The predicted octanol–water partition coefficient (Wildman–Crippen LogP) is 1.88. The van der Waals surface area contributed by atoms with Gasteiger partial charge in [-0.15, -0.1) is 0 Å². The van der Waals surface area contributed by atoms with Crippen molar-refractivity contribution in [1.82, 2.24) is 10.2 Å². The molecule has 2 aliphatic heterocycles. The van der Waals surface area contributed by atoms with E-state index in [1.165, 1.54) is 0 Å². The van der Waals surface area contributed by atoms with Gasteiger partial charge in [-0.25, -0.2) is 0 Å². The van der Waals surface area contributed by atoms with Crippen molar-refractivity contribution in [3.05, 3.63) is 28.2 Å². The number of likely N-dealkylation sites (N-methyl/N-ethyl adjacent to an activating group) is 1. The van der Waals surface area contributed by atoms with Crippen molar-refractivity contribution in [2.45, 2.75) is 18.6 Å². The maximum atomic E-state index is 11.0. The van der Waals surface area contributed by atoms with Crippen LogP contribution >= 0.6 is 15.9 Å². The highest BCUT2D eigenvalue weighted by Crippen LogP contribution is 2.33. The van der Waals surface area contributed by atoms with E-state index < -0.39 is 5.97 Å². The molecule has 0 radical (unpaired) electrons. The lowest BCUT2D eigenvalue weighted by molar-refractivity contribution is -0.141. The Labute approximate surface area is 132 Å². The first kappa shape index (κ1) is 14.8. The first-order valence-electron chi connectivity index (χ1n) is 7.14. The monoisotopic (exact) mass is 354 g/mol. The number of halogens is 1. The third kappa shape index (κ3) is 3.22. The maximum absolute atomic E-state index is 11.0. The minimum absolute atomic E-state index is 0.103. The van der Waals surface area contributed by atoms with E-state index in [0.717, 1.165) is 28.9 Å². The van der Waals surface area contributed by atoms with E-state index in [-0.39, 0.29) is 18.1 Å². The van der Waals surface area contributed by atoms with Crippen molar-refractivity contribution < 1.29 is 14.6 Å². The summed E-state index contributed by atoms with van der Waals surface area (Å²) in [5, 5.41) is 12.3. The lowest BCUT2D eigenvalue weighted by Gasteiger charge is -2.36. The SMILES string of the molecule is CN1CC(Oc2ccc(C3CC(C(=O)O)CN3)cc2Br)C1. The molecule has 2 N–H and O–H groups in total. The lowest BCUT2D eigenvalue weighted by atomic mass is 10.00. The van der Waals surface area contributed by atoms with Crippen molar-refractivity contribution in [2.75, 3.05) is 26.7 Å². The average molecular weight is 355 g/mol. The molecule has 0 bridgehead atoms. The number of carbonyl (C=O) groups is 1. The van der Waals surface area contributed by atoms with Gasteiger partial charge in [0.2, 0.25) is 0 Å². The predicted molar refractivity (Wildman–Crippen MR) is 82.5 cm³/mol. The highest BCUT2D eigenvalue weighted by molar-refractivity contribution is 9.10. The Hall–Kier alpha value is -1.11. The Morgan fingerprint density at radius 2 is 2.24 bits per heavy atom. The van der Waals surface area contributed by atoms with Gasteiger partial charge in [0.05, 0.1) is 10.4 Å². The number of hydrogen-bond donors (Lipinski definition) is 2. The topological polar surface area (TPSA) is 61.8 Å². The van der Waals surface area contributed by atoms with Gasteiger partial charge < -0.3 is 15.2 Å². The summed E-state index contributed by atoms with van der Waals surface area (Å²) in [6.07, 6.45) is 0.896. The molecule has 0 amide bonds. The quantitative estimate of drug-likeness (QED) is 0.864. The van der Waals surface area contributed by atoms with Crippen molar-refractivity contribution >= 4 is 21.9 Å². The van der Waals surface area contributed by atoms with Crippen LogP contribution in [0.5, 0.6) is 5.75 Å². The van der Waals surface area contributed by atoms with E-state index >= 15 is 0 Å². The Morgan fingerprint density at radius 3 is 2.81 bits per heavy atom. The highest BCUT2D eigenvalue weighted by Gasteiger charge is 2.30. The van der Waals surface area contributed by atoms with Crippen LogP contribution in [0.3, 0.4) is 0 Å². The molecule has 2 fully saturated rings. The fourth-order valence-electron chi connectivity index (χ4n) is 2.90. The van der Waals surface area contributed by atoms with E-state index in [1.807, 2.05) is 18.2 Å². The van der Waals surface area contributed by atoms with Gasteiger partial charge in [-0.05, 0) is 47.1 Å². The number of carboxylic acids is 1. The summed E-state index contributed by atoms with van der Waals surface area (Å²) in [4.78, 5) is 13.2. The summed E-state index contributed by atoms with van der Waals surface area (Å²) in [6, 6.07) is 6.11. The van der Waals surface area contributed by atoms with Crippen LogP contribution in [0.15, 0.2) is 22.7 Å². The molecule has 0 aliphatic carbocycles. The largest absolute Gasteiger partial charge is 0.487 e. The van der Waals surface area contributed by atoms with Gasteiger partial charge in [-0.1, -0.05) is 6.07 Å². The zero-order valence-corrected chi connectivity index (χ0v) is 13.5. The van der Waals surface area contributed by atoms with E-state index in [4.69, 9.17) is 9.84 Å². The second-order valence-corrected chi connectivity index (χ2v) is 6.74. The molecule has 0 spiro atoms. The van der Waals surface area contributed by atoms with E-state index in [2.05, 4.69) is 33.2 Å². The third-order valence-electron chi connectivity index (χ3n) is 4.16. The highest BCUT2D eigenvalue weighted by atomic mass is 79.9. The summed E-state index contributed by atoms with van der Waals surface area (Å²) >= 11 is 3.55. The van der Waals surface area contributed by atoms with E-state index in [1.54, 1.807) is 0 Å². The van der Waals surface area contributed by atoms with Crippen LogP contribution in [0.25, 0.3) is 0 Å². The molecule has 21 heavy (non-hydrogen) atoms. The molecule has 1 aromatic rings. The first-order chi connectivity index (χ1) is 10.0. The number of hydrogen-bond acceptors (Lipinski definition) is 4. The lowest BCUT2D eigenvalue weighted by Crippen LogP contribution is -2.51. The maximum Gasteiger partial charge on any atom is 0.307 e. The molecule has 5 nitrogen and oxygen atoms in total. The van der Waals surface area contributed by atoms with Gasteiger partial charge in [0.1, 0.15) is 11.9 Å². The van der Waals surface area contributed by atoms with Crippen LogP contribution in [0.1, 0.15) is 18.0 Å². The number of benzene rings is 1. The fourth-order valence-corrected chi connectivity index (χ4v) is 3.39. The molecule has 1 aromatic carbocycles. The Kier molecular flexibility index (Phi) is 4.19. The fraction of sp³-hybridized carbons (Fsp3) is 0.533. The van der Waals surface area contributed by atoms with Crippen molar-refractivity contribution in [2.24, 2.45) is 5.92 Å².